The van der Waals surface area contributed by atoms with E-state index < -0.39 is 11.0 Å². The number of nitrogens with two attached hydrogens (primary N) is 1. The lowest BCUT2D eigenvalue weighted by molar-refractivity contribution is -0.385. The molecule has 0 amide bonds. The molecule has 0 spiro atoms. The minimum atomic E-state index is -0.501. The SMILES string of the molecule is COC(=O)CCCCOc1cc([N+](=O)[O-])c(C(C)N)cc1OC. The number of esters is 1. The van der Waals surface area contributed by atoms with Crippen molar-refractivity contribution in [1.82, 2.24) is 0 Å². The highest BCUT2D eigenvalue weighted by Crippen LogP contribution is 2.36. The maximum absolute atomic E-state index is 11.2. The van der Waals surface area contributed by atoms with Gasteiger partial charge in [0, 0.05) is 12.5 Å². The Balaban J connectivity index is 2.79. The van der Waals surface area contributed by atoms with Gasteiger partial charge in [0.25, 0.3) is 5.69 Å². The van der Waals surface area contributed by atoms with Gasteiger partial charge in [0.1, 0.15) is 0 Å². The largest absolute Gasteiger partial charge is 0.493 e. The molecule has 0 radical (unpaired) electrons. The highest BCUT2D eigenvalue weighted by atomic mass is 16.6. The number of hydrogen-bond donors (Lipinski definition) is 1. The molecule has 0 aliphatic carbocycles. The summed E-state index contributed by atoms with van der Waals surface area (Å²) in [6, 6.07) is 2.34. The maximum atomic E-state index is 11.2. The maximum Gasteiger partial charge on any atom is 0.305 e. The Morgan fingerprint density at radius 2 is 2.00 bits per heavy atom. The molecule has 2 N–H and O–H groups in total. The fourth-order valence-corrected chi connectivity index (χ4v) is 2.02. The molecule has 0 aromatic heterocycles. The first-order valence-electron chi connectivity index (χ1n) is 7.22. The molecular weight excluding hydrogens is 304 g/mol. The van der Waals surface area contributed by atoms with Crippen LogP contribution in [0.1, 0.15) is 37.8 Å². The molecule has 0 aliphatic heterocycles. The molecule has 0 saturated carbocycles. The number of rotatable bonds is 9. The van der Waals surface area contributed by atoms with E-state index in [1.54, 1.807) is 6.92 Å². The average Bonchev–Trinajstić information content (AvgIpc) is 2.53. The molecule has 128 valence electrons. The summed E-state index contributed by atoms with van der Waals surface area (Å²) in [6.45, 7) is 1.97. The fraction of sp³-hybridized carbons (Fsp3) is 0.533. The van der Waals surface area contributed by atoms with Crippen molar-refractivity contribution in [3.05, 3.63) is 27.8 Å². The normalized spacial score (nSPS) is 11.7. The van der Waals surface area contributed by atoms with E-state index in [-0.39, 0.29) is 17.4 Å². The summed E-state index contributed by atoms with van der Waals surface area (Å²) in [5.41, 5.74) is 6.04. The van der Waals surface area contributed by atoms with Gasteiger partial charge in [-0.15, -0.1) is 0 Å². The van der Waals surface area contributed by atoms with E-state index in [4.69, 9.17) is 15.2 Å². The zero-order chi connectivity index (χ0) is 17.4. The number of benzene rings is 1. The van der Waals surface area contributed by atoms with Crippen LogP contribution in [-0.4, -0.2) is 31.7 Å². The van der Waals surface area contributed by atoms with E-state index in [0.717, 1.165) is 0 Å². The smallest absolute Gasteiger partial charge is 0.305 e. The van der Waals surface area contributed by atoms with Crippen LogP contribution < -0.4 is 15.2 Å². The Kier molecular flexibility index (Phi) is 7.27. The lowest BCUT2D eigenvalue weighted by Gasteiger charge is -2.14. The van der Waals surface area contributed by atoms with Crippen molar-refractivity contribution >= 4 is 11.7 Å². The summed E-state index contributed by atoms with van der Waals surface area (Å²) in [4.78, 5) is 21.7. The van der Waals surface area contributed by atoms with Gasteiger partial charge in [-0.2, -0.15) is 0 Å². The van der Waals surface area contributed by atoms with Crippen LogP contribution in [0, 0.1) is 10.1 Å². The first-order valence-corrected chi connectivity index (χ1v) is 7.22. The highest BCUT2D eigenvalue weighted by molar-refractivity contribution is 5.68. The van der Waals surface area contributed by atoms with Gasteiger partial charge >= 0.3 is 5.97 Å². The average molecular weight is 326 g/mol. The van der Waals surface area contributed by atoms with Crippen LogP contribution in [0.4, 0.5) is 5.69 Å². The van der Waals surface area contributed by atoms with Gasteiger partial charge in [-0.3, -0.25) is 14.9 Å². The summed E-state index contributed by atoms with van der Waals surface area (Å²) in [5, 5.41) is 11.2. The molecule has 0 fully saturated rings. The fourth-order valence-electron chi connectivity index (χ4n) is 2.02. The Hall–Kier alpha value is -2.35. The molecule has 1 rings (SSSR count). The molecule has 8 heteroatoms. The standard InChI is InChI=1S/C15H22N2O6/c1-10(16)11-8-13(21-2)14(9-12(11)17(19)20)23-7-5-4-6-15(18)22-3/h8-10H,4-7,16H2,1-3H3. The Labute approximate surface area is 134 Å². The Morgan fingerprint density at radius 3 is 2.52 bits per heavy atom. The van der Waals surface area contributed by atoms with Crippen LogP contribution in [0.2, 0.25) is 0 Å². The van der Waals surface area contributed by atoms with Crippen molar-refractivity contribution in [3.8, 4) is 11.5 Å². The topological polar surface area (TPSA) is 114 Å². The van der Waals surface area contributed by atoms with Gasteiger partial charge in [0.05, 0.1) is 37.4 Å². The molecule has 0 bridgehead atoms. The van der Waals surface area contributed by atoms with Gasteiger partial charge in [-0.1, -0.05) is 0 Å². The van der Waals surface area contributed by atoms with Gasteiger partial charge < -0.3 is 19.9 Å². The number of hydrogen-bond acceptors (Lipinski definition) is 7. The van der Waals surface area contributed by atoms with Crippen LogP contribution in [0.25, 0.3) is 0 Å². The summed E-state index contributed by atoms with van der Waals surface area (Å²) in [7, 11) is 2.79. The Morgan fingerprint density at radius 1 is 1.30 bits per heavy atom. The molecule has 1 atom stereocenters. The number of carbonyl (C=O) groups is 1. The van der Waals surface area contributed by atoms with Gasteiger partial charge in [0.15, 0.2) is 11.5 Å². The highest BCUT2D eigenvalue weighted by Gasteiger charge is 2.21. The first kappa shape index (κ1) is 18.7. The minimum absolute atomic E-state index is 0.106. The van der Waals surface area contributed by atoms with Crippen LogP contribution in [0.15, 0.2) is 12.1 Å². The Bertz CT molecular complexity index is 559. The molecule has 1 unspecified atom stereocenters. The third kappa shape index (κ3) is 5.41. The second kappa shape index (κ2) is 8.94. The summed E-state index contributed by atoms with van der Waals surface area (Å²) in [6.07, 6.45) is 1.52. The van der Waals surface area contributed by atoms with E-state index in [0.29, 0.717) is 37.2 Å². The molecule has 8 nitrogen and oxygen atoms in total. The van der Waals surface area contributed by atoms with Crippen molar-refractivity contribution in [2.24, 2.45) is 5.73 Å². The minimum Gasteiger partial charge on any atom is -0.493 e. The van der Waals surface area contributed by atoms with Crippen molar-refractivity contribution in [3.63, 3.8) is 0 Å². The molecule has 1 aromatic carbocycles. The van der Waals surface area contributed by atoms with Crippen LogP contribution in [0.5, 0.6) is 11.5 Å². The third-order valence-corrected chi connectivity index (χ3v) is 3.26. The number of nitro groups is 1. The summed E-state index contributed by atoms with van der Waals surface area (Å²) < 4.78 is 15.3. The van der Waals surface area contributed by atoms with E-state index in [1.165, 1.54) is 26.4 Å². The number of carbonyl (C=O) groups excluding carboxylic acids is 1. The van der Waals surface area contributed by atoms with Gasteiger partial charge in [-0.05, 0) is 25.8 Å². The second-order valence-corrected chi connectivity index (χ2v) is 4.99. The molecule has 23 heavy (non-hydrogen) atoms. The number of ether oxygens (including phenoxy) is 3. The molecule has 0 aliphatic rings. The van der Waals surface area contributed by atoms with Crippen molar-refractivity contribution < 1.29 is 23.9 Å². The van der Waals surface area contributed by atoms with Crippen molar-refractivity contribution in [2.45, 2.75) is 32.2 Å². The van der Waals surface area contributed by atoms with Gasteiger partial charge in [-0.25, -0.2) is 0 Å². The molecule has 1 aromatic rings. The van der Waals surface area contributed by atoms with Crippen LogP contribution in [0.3, 0.4) is 0 Å². The van der Waals surface area contributed by atoms with E-state index in [9.17, 15) is 14.9 Å². The predicted molar refractivity (Wildman–Crippen MR) is 83.6 cm³/mol. The van der Waals surface area contributed by atoms with E-state index in [2.05, 4.69) is 4.74 Å². The lowest BCUT2D eigenvalue weighted by Crippen LogP contribution is -2.10. The van der Waals surface area contributed by atoms with Crippen LogP contribution >= 0.6 is 0 Å². The van der Waals surface area contributed by atoms with Crippen LogP contribution in [-0.2, 0) is 9.53 Å². The number of nitro benzene ring substituents is 1. The van der Waals surface area contributed by atoms with E-state index >= 15 is 0 Å². The van der Waals surface area contributed by atoms with Crippen molar-refractivity contribution in [1.29, 1.82) is 0 Å². The first-order chi connectivity index (χ1) is 10.9. The second-order valence-electron chi connectivity index (χ2n) is 4.99. The monoisotopic (exact) mass is 326 g/mol. The molecule has 0 saturated heterocycles. The lowest BCUT2D eigenvalue weighted by atomic mass is 10.1. The number of unbranched alkanes of at least 4 members (excludes halogenated alkanes) is 1. The molecule has 0 heterocycles. The van der Waals surface area contributed by atoms with Crippen molar-refractivity contribution in [2.75, 3.05) is 20.8 Å². The molecular formula is C15H22N2O6. The number of nitrogens with zero attached hydrogens (tertiary/aromatic N) is 1. The van der Waals surface area contributed by atoms with E-state index in [1.807, 2.05) is 0 Å². The third-order valence-electron chi connectivity index (χ3n) is 3.26. The summed E-state index contributed by atoms with van der Waals surface area (Å²) in [5.74, 6) is 0.386. The summed E-state index contributed by atoms with van der Waals surface area (Å²) >= 11 is 0. The number of methoxy groups -OCH3 is 2. The van der Waals surface area contributed by atoms with Gasteiger partial charge in [0.2, 0.25) is 0 Å². The predicted octanol–water partition coefficient (Wildman–Crippen LogP) is 2.35. The zero-order valence-electron chi connectivity index (χ0n) is 13.5. The quantitative estimate of drug-likeness (QED) is 0.320. The zero-order valence-corrected chi connectivity index (χ0v) is 13.5.